The highest BCUT2D eigenvalue weighted by Gasteiger charge is 2.51. The Kier molecular flexibility index (Phi) is 3.87. The molecular weight excluding hydrogens is 250 g/mol. The Balaban J connectivity index is 5.43. The van der Waals surface area contributed by atoms with Gasteiger partial charge in [0.15, 0.2) is 5.71 Å². The molecule has 0 saturated carbocycles. The van der Waals surface area contributed by atoms with Crippen molar-refractivity contribution in [3.63, 3.8) is 0 Å². The first-order valence-corrected chi connectivity index (χ1v) is 3.19. The van der Waals surface area contributed by atoms with Gasteiger partial charge in [0.1, 0.15) is 0 Å². The second-order valence-corrected chi connectivity index (χ2v) is 2.22. The molecule has 0 spiro atoms. The lowest BCUT2D eigenvalue weighted by molar-refractivity contribution is -0.163. The average molecular weight is 252 g/mol. The van der Waals surface area contributed by atoms with Gasteiger partial charge >= 0.3 is 12.4 Å². The lowest BCUT2D eigenvalue weighted by atomic mass is 10.1. The van der Waals surface area contributed by atoms with Crippen LogP contribution in [-0.2, 0) is 4.79 Å². The lowest BCUT2D eigenvalue weighted by Gasteiger charge is -2.10. The molecular formula is C5H2F6N2O3. The van der Waals surface area contributed by atoms with Crippen molar-refractivity contribution in [1.29, 1.82) is 0 Å². The maximum atomic E-state index is 11.9. The number of Topliss-reactive ketones (excluding diaryl/α,β-unsaturated/α-hetero) is 1. The number of nitrogens with zero attached hydrogens (tertiary/aromatic N) is 2. The van der Waals surface area contributed by atoms with Gasteiger partial charge in [0.25, 0.3) is 5.78 Å². The molecule has 0 aliphatic rings. The molecule has 0 amide bonds. The summed E-state index contributed by atoms with van der Waals surface area (Å²) in [6.45, 7) is 0. The molecule has 0 rings (SSSR count). The van der Waals surface area contributed by atoms with Crippen LogP contribution in [0, 0.1) is 0 Å². The Labute approximate surface area is 82.6 Å². The molecule has 0 aliphatic carbocycles. The second-order valence-electron chi connectivity index (χ2n) is 2.22. The Morgan fingerprint density at radius 3 is 1.50 bits per heavy atom. The smallest absolute Gasteiger partial charge is 0.410 e. The molecule has 0 heterocycles. The zero-order valence-corrected chi connectivity index (χ0v) is 6.96. The Morgan fingerprint density at radius 1 is 0.875 bits per heavy atom. The average Bonchev–Trinajstić information content (AvgIpc) is 2.09. The number of oxime groups is 2. The molecule has 2 N–H and O–H groups in total. The van der Waals surface area contributed by atoms with Crippen molar-refractivity contribution in [3.8, 4) is 0 Å². The van der Waals surface area contributed by atoms with E-state index < -0.39 is 29.6 Å². The molecule has 5 nitrogen and oxygen atoms in total. The highest BCUT2D eigenvalue weighted by Crippen LogP contribution is 2.23. The van der Waals surface area contributed by atoms with Gasteiger partial charge in [-0.3, -0.25) is 4.79 Å². The quantitative estimate of drug-likeness (QED) is 0.336. The minimum absolute atomic E-state index is 1.45. The molecule has 92 valence electrons. The second kappa shape index (κ2) is 4.37. The van der Waals surface area contributed by atoms with Crippen LogP contribution >= 0.6 is 0 Å². The third-order valence-electron chi connectivity index (χ3n) is 1.17. The maximum Gasteiger partial charge on any atom is 0.456 e. The van der Waals surface area contributed by atoms with E-state index in [2.05, 4.69) is 0 Å². The van der Waals surface area contributed by atoms with Crippen LogP contribution in [0.1, 0.15) is 0 Å². The van der Waals surface area contributed by atoms with E-state index in [1.807, 2.05) is 0 Å². The predicted molar refractivity (Wildman–Crippen MR) is 35.6 cm³/mol. The van der Waals surface area contributed by atoms with E-state index in [9.17, 15) is 31.1 Å². The van der Waals surface area contributed by atoms with Gasteiger partial charge in [-0.2, -0.15) is 26.3 Å². The van der Waals surface area contributed by atoms with Gasteiger partial charge in [-0.15, -0.1) is 0 Å². The molecule has 0 aromatic heterocycles. The van der Waals surface area contributed by atoms with Crippen LogP contribution in [0.2, 0.25) is 0 Å². The molecule has 0 saturated heterocycles. The molecule has 0 atom stereocenters. The first-order chi connectivity index (χ1) is 7.05. The maximum absolute atomic E-state index is 11.9. The van der Waals surface area contributed by atoms with Gasteiger partial charge in [0.05, 0.1) is 0 Å². The number of halogens is 6. The van der Waals surface area contributed by atoms with Crippen molar-refractivity contribution in [3.05, 3.63) is 0 Å². The van der Waals surface area contributed by atoms with Crippen LogP contribution in [-0.4, -0.2) is 40.0 Å². The zero-order valence-electron chi connectivity index (χ0n) is 6.96. The topological polar surface area (TPSA) is 82.2 Å². The zero-order chi connectivity index (χ0) is 13.1. The van der Waals surface area contributed by atoms with E-state index >= 15 is 0 Å². The molecule has 0 bridgehead atoms. The third-order valence-corrected chi connectivity index (χ3v) is 1.17. The third kappa shape index (κ3) is 3.10. The molecule has 0 aliphatic heterocycles. The van der Waals surface area contributed by atoms with Crippen molar-refractivity contribution < 1.29 is 41.6 Å². The van der Waals surface area contributed by atoms with E-state index in [0.717, 1.165) is 0 Å². The molecule has 16 heavy (non-hydrogen) atoms. The van der Waals surface area contributed by atoms with E-state index in [-0.39, 0.29) is 0 Å². The number of hydrogen-bond donors (Lipinski definition) is 2. The first-order valence-electron chi connectivity index (χ1n) is 3.19. The standard InChI is InChI=1S/C5H2F6N2O3/c6-4(7,8)2(13-16)1(12-15)3(14)5(9,10)11/h15-16H/b12-1-,13-2-. The van der Waals surface area contributed by atoms with Crippen LogP contribution in [0.5, 0.6) is 0 Å². The summed E-state index contributed by atoms with van der Waals surface area (Å²) in [6, 6.07) is 0. The summed E-state index contributed by atoms with van der Waals surface area (Å²) < 4.78 is 70.9. The molecule has 0 radical (unpaired) electrons. The molecule has 11 heteroatoms. The highest BCUT2D eigenvalue weighted by atomic mass is 19.4. The van der Waals surface area contributed by atoms with E-state index in [1.54, 1.807) is 0 Å². The van der Waals surface area contributed by atoms with Crippen molar-refractivity contribution in [1.82, 2.24) is 0 Å². The van der Waals surface area contributed by atoms with Gasteiger partial charge in [0.2, 0.25) is 5.71 Å². The number of alkyl halides is 6. The normalized spacial score (nSPS) is 15.1. The summed E-state index contributed by atoms with van der Waals surface area (Å²) in [6.07, 6.45) is -11.3. The van der Waals surface area contributed by atoms with Crippen LogP contribution in [0.15, 0.2) is 10.3 Å². The Morgan fingerprint density at radius 2 is 1.31 bits per heavy atom. The minimum Gasteiger partial charge on any atom is -0.410 e. The van der Waals surface area contributed by atoms with Gasteiger partial charge in [0, 0.05) is 0 Å². The number of rotatable bonds is 2. The van der Waals surface area contributed by atoms with Gasteiger partial charge in [-0.25, -0.2) is 0 Å². The monoisotopic (exact) mass is 252 g/mol. The SMILES string of the molecule is O=C(C(=N\O)/C(=N/O)C(F)(F)F)C(F)(F)F. The van der Waals surface area contributed by atoms with Gasteiger partial charge in [-0.1, -0.05) is 10.3 Å². The van der Waals surface area contributed by atoms with Gasteiger partial charge in [-0.05, 0) is 0 Å². The fraction of sp³-hybridized carbons (Fsp3) is 0.400. The molecule has 0 aromatic carbocycles. The number of hydrogen-bond acceptors (Lipinski definition) is 5. The number of carbonyl (C=O) groups is 1. The van der Waals surface area contributed by atoms with Crippen LogP contribution in [0.25, 0.3) is 0 Å². The van der Waals surface area contributed by atoms with E-state index in [0.29, 0.717) is 0 Å². The fourth-order valence-electron chi connectivity index (χ4n) is 0.573. The van der Waals surface area contributed by atoms with Crippen molar-refractivity contribution in [2.45, 2.75) is 12.4 Å². The summed E-state index contributed by atoms with van der Waals surface area (Å²) in [4.78, 5) is 10.3. The van der Waals surface area contributed by atoms with Crippen LogP contribution in [0.4, 0.5) is 26.3 Å². The number of ketones is 1. The van der Waals surface area contributed by atoms with Crippen LogP contribution in [0.3, 0.4) is 0 Å². The Bertz CT molecular complexity index is 341. The summed E-state index contributed by atoms with van der Waals surface area (Å²) in [5.41, 5.74) is -5.08. The summed E-state index contributed by atoms with van der Waals surface area (Å²) in [7, 11) is 0. The lowest BCUT2D eigenvalue weighted by Crippen LogP contribution is -2.42. The predicted octanol–water partition coefficient (Wildman–Crippen LogP) is 1.34. The van der Waals surface area contributed by atoms with Gasteiger partial charge < -0.3 is 10.4 Å². The molecule has 0 aromatic rings. The Hall–Kier alpha value is -1.81. The van der Waals surface area contributed by atoms with E-state index in [1.165, 1.54) is 10.3 Å². The summed E-state index contributed by atoms with van der Waals surface area (Å²) in [5.74, 6) is -3.08. The first kappa shape index (κ1) is 14.2. The fourth-order valence-corrected chi connectivity index (χ4v) is 0.573. The minimum atomic E-state index is -5.69. The molecule has 0 fully saturated rings. The van der Waals surface area contributed by atoms with E-state index in [4.69, 9.17) is 10.4 Å². The molecule has 0 unspecified atom stereocenters. The highest BCUT2D eigenvalue weighted by molar-refractivity contribution is 6.69. The van der Waals surface area contributed by atoms with Crippen molar-refractivity contribution >= 4 is 17.2 Å². The van der Waals surface area contributed by atoms with Crippen molar-refractivity contribution in [2.24, 2.45) is 10.3 Å². The number of carbonyl (C=O) groups excluding carboxylic acids is 1. The summed E-state index contributed by atoms with van der Waals surface area (Å²) >= 11 is 0. The largest absolute Gasteiger partial charge is 0.456 e. The van der Waals surface area contributed by atoms with Crippen LogP contribution < -0.4 is 0 Å². The van der Waals surface area contributed by atoms with Crippen molar-refractivity contribution in [2.75, 3.05) is 0 Å². The summed E-state index contributed by atoms with van der Waals surface area (Å²) in [5, 5.41) is 18.7.